The molecule has 0 heterocycles. The molecule has 34 heavy (non-hydrogen) atoms. The summed E-state index contributed by atoms with van der Waals surface area (Å²) in [4.78, 5) is 28.9. The lowest BCUT2D eigenvalue weighted by Crippen LogP contribution is -2.54. The van der Waals surface area contributed by atoms with E-state index in [1.807, 2.05) is 87.5 Å². The van der Waals surface area contributed by atoms with E-state index in [9.17, 15) is 9.59 Å². The van der Waals surface area contributed by atoms with Crippen LogP contribution in [0.3, 0.4) is 0 Å². The third-order valence-corrected chi connectivity index (χ3v) is 6.04. The summed E-state index contributed by atoms with van der Waals surface area (Å²) >= 11 is 9.62. The van der Waals surface area contributed by atoms with Crippen molar-refractivity contribution in [3.63, 3.8) is 0 Å². The molecule has 0 aliphatic rings. The Morgan fingerprint density at radius 1 is 0.912 bits per heavy atom. The molecule has 0 saturated carbocycles. The van der Waals surface area contributed by atoms with Gasteiger partial charge in [-0.25, -0.2) is 0 Å². The van der Waals surface area contributed by atoms with E-state index in [0.29, 0.717) is 18.0 Å². The summed E-state index contributed by atoms with van der Waals surface area (Å²) in [6.45, 7) is 6.15. The molecule has 1 atom stereocenters. The van der Waals surface area contributed by atoms with Crippen LogP contribution in [0.25, 0.3) is 0 Å². The summed E-state index contributed by atoms with van der Waals surface area (Å²) in [5, 5.41) is 3.66. The number of carbonyl (C=O) groups excluding carboxylic acids is 2. The Balaban J connectivity index is 1.98. The number of rotatable bonds is 8. The molecule has 0 saturated heterocycles. The van der Waals surface area contributed by atoms with Crippen molar-refractivity contribution < 1.29 is 9.59 Å². The number of hydrogen-bond donors (Lipinski definition) is 1. The molecule has 0 aliphatic heterocycles. The van der Waals surface area contributed by atoms with E-state index in [2.05, 4.69) is 21.2 Å². The highest BCUT2D eigenvalue weighted by molar-refractivity contribution is 9.10. The third kappa shape index (κ3) is 8.00. The van der Waals surface area contributed by atoms with Gasteiger partial charge >= 0.3 is 0 Å². The van der Waals surface area contributed by atoms with Crippen molar-refractivity contribution in [3.05, 3.63) is 105 Å². The van der Waals surface area contributed by atoms with Crippen LogP contribution in [-0.4, -0.2) is 28.3 Å². The summed E-state index contributed by atoms with van der Waals surface area (Å²) < 4.78 is 0.958. The van der Waals surface area contributed by atoms with Crippen molar-refractivity contribution in [1.29, 1.82) is 0 Å². The highest BCUT2D eigenvalue weighted by Crippen LogP contribution is 2.20. The van der Waals surface area contributed by atoms with Gasteiger partial charge in [-0.15, -0.1) is 0 Å². The van der Waals surface area contributed by atoms with Gasteiger partial charge in [-0.1, -0.05) is 82.1 Å². The molecular weight excluding hydrogens is 512 g/mol. The number of halogens is 2. The molecule has 0 spiro atoms. The molecule has 0 aliphatic carbocycles. The Kier molecular flexibility index (Phi) is 8.92. The molecule has 3 aromatic rings. The monoisotopic (exact) mass is 540 g/mol. The molecule has 0 bridgehead atoms. The summed E-state index contributed by atoms with van der Waals surface area (Å²) in [7, 11) is 0. The van der Waals surface area contributed by atoms with E-state index >= 15 is 0 Å². The lowest BCUT2D eigenvalue weighted by Gasteiger charge is -2.34. The smallest absolute Gasteiger partial charge is 0.243 e. The van der Waals surface area contributed by atoms with Crippen molar-refractivity contribution in [2.75, 3.05) is 0 Å². The minimum atomic E-state index is -0.669. The van der Waals surface area contributed by atoms with Gasteiger partial charge in [0.2, 0.25) is 11.8 Å². The SMILES string of the molecule is CC(C)(C)NC(=O)[C@@H](Cc1ccccc1)N(Cc1ccc(Br)cc1)C(=O)Cc1cccc(Cl)c1. The molecule has 3 rings (SSSR count). The van der Waals surface area contributed by atoms with Gasteiger partial charge in [0.25, 0.3) is 0 Å². The van der Waals surface area contributed by atoms with Crippen LogP contribution in [0.4, 0.5) is 0 Å². The van der Waals surface area contributed by atoms with Crippen LogP contribution in [0.5, 0.6) is 0 Å². The van der Waals surface area contributed by atoms with Crippen LogP contribution < -0.4 is 5.32 Å². The van der Waals surface area contributed by atoms with Crippen LogP contribution in [0.15, 0.2) is 83.3 Å². The molecular formula is C28H30BrClN2O2. The second-order valence-corrected chi connectivity index (χ2v) is 10.8. The fourth-order valence-electron chi connectivity index (χ4n) is 3.72. The van der Waals surface area contributed by atoms with E-state index in [-0.39, 0.29) is 18.2 Å². The standard InChI is InChI=1S/C28H30BrClN2O2/c1-28(2,3)31-27(34)25(17-20-8-5-4-6-9-20)32(19-21-12-14-23(29)15-13-21)26(33)18-22-10-7-11-24(30)16-22/h4-16,25H,17-19H2,1-3H3,(H,31,34)/t25-/m1/s1. The van der Waals surface area contributed by atoms with Gasteiger partial charge in [0.1, 0.15) is 6.04 Å². The molecule has 178 valence electrons. The highest BCUT2D eigenvalue weighted by atomic mass is 79.9. The first-order valence-corrected chi connectivity index (χ1v) is 12.4. The van der Waals surface area contributed by atoms with Crippen LogP contribution in [0, 0.1) is 0 Å². The first kappa shape index (κ1) is 26.0. The largest absolute Gasteiger partial charge is 0.350 e. The molecule has 0 unspecified atom stereocenters. The van der Waals surface area contributed by atoms with Crippen molar-refractivity contribution in [1.82, 2.24) is 10.2 Å². The summed E-state index contributed by atoms with van der Waals surface area (Å²) in [5.41, 5.74) is 2.33. The molecule has 1 N–H and O–H groups in total. The van der Waals surface area contributed by atoms with Gasteiger partial charge < -0.3 is 10.2 Å². The topological polar surface area (TPSA) is 49.4 Å². The van der Waals surface area contributed by atoms with Crippen molar-refractivity contribution >= 4 is 39.3 Å². The molecule has 0 fully saturated rings. The summed E-state index contributed by atoms with van der Waals surface area (Å²) in [6, 6.07) is 24.2. The Labute approximate surface area is 215 Å². The number of carbonyl (C=O) groups is 2. The first-order valence-electron chi connectivity index (χ1n) is 11.2. The Morgan fingerprint density at radius 2 is 1.56 bits per heavy atom. The fourth-order valence-corrected chi connectivity index (χ4v) is 4.19. The lowest BCUT2D eigenvalue weighted by atomic mass is 10.00. The highest BCUT2D eigenvalue weighted by Gasteiger charge is 2.32. The Bertz CT molecular complexity index is 1110. The van der Waals surface area contributed by atoms with Gasteiger partial charge in [0.15, 0.2) is 0 Å². The van der Waals surface area contributed by atoms with E-state index in [1.54, 1.807) is 17.0 Å². The number of benzene rings is 3. The van der Waals surface area contributed by atoms with Gasteiger partial charge in [-0.2, -0.15) is 0 Å². The van der Waals surface area contributed by atoms with Crippen LogP contribution in [-0.2, 0) is 29.0 Å². The summed E-state index contributed by atoms with van der Waals surface area (Å²) in [5.74, 6) is -0.303. The van der Waals surface area contributed by atoms with Gasteiger partial charge in [0, 0.05) is 28.0 Å². The Hall–Kier alpha value is -2.63. The van der Waals surface area contributed by atoms with Crippen LogP contribution in [0.1, 0.15) is 37.5 Å². The maximum atomic E-state index is 13.7. The molecule has 0 aromatic heterocycles. The van der Waals surface area contributed by atoms with E-state index in [0.717, 1.165) is 21.2 Å². The average Bonchev–Trinajstić information content (AvgIpc) is 2.77. The second kappa shape index (κ2) is 11.7. The van der Waals surface area contributed by atoms with Gasteiger partial charge in [-0.05, 0) is 61.7 Å². The van der Waals surface area contributed by atoms with Gasteiger partial charge in [0.05, 0.1) is 6.42 Å². The van der Waals surface area contributed by atoms with Gasteiger partial charge in [-0.3, -0.25) is 9.59 Å². The second-order valence-electron chi connectivity index (χ2n) is 9.40. The van der Waals surface area contributed by atoms with Crippen molar-refractivity contribution in [3.8, 4) is 0 Å². The van der Waals surface area contributed by atoms with Crippen molar-refractivity contribution in [2.24, 2.45) is 0 Å². The molecule has 3 aromatic carbocycles. The maximum Gasteiger partial charge on any atom is 0.243 e. The van der Waals surface area contributed by atoms with Crippen molar-refractivity contribution in [2.45, 2.75) is 51.7 Å². The lowest BCUT2D eigenvalue weighted by molar-refractivity contribution is -0.141. The molecule has 0 radical (unpaired) electrons. The number of nitrogens with zero attached hydrogens (tertiary/aromatic N) is 1. The van der Waals surface area contributed by atoms with Crippen LogP contribution in [0.2, 0.25) is 5.02 Å². The zero-order valence-electron chi connectivity index (χ0n) is 19.7. The normalized spacial score (nSPS) is 12.1. The molecule has 2 amide bonds. The van der Waals surface area contributed by atoms with Crippen LogP contribution >= 0.6 is 27.5 Å². The number of hydrogen-bond acceptors (Lipinski definition) is 2. The zero-order valence-corrected chi connectivity index (χ0v) is 22.1. The fraction of sp³-hybridized carbons (Fsp3) is 0.286. The predicted octanol–water partition coefficient (Wildman–Crippen LogP) is 6.20. The molecule has 4 nitrogen and oxygen atoms in total. The summed E-state index contributed by atoms with van der Waals surface area (Å²) in [6.07, 6.45) is 0.575. The zero-order chi connectivity index (χ0) is 24.7. The maximum absolute atomic E-state index is 13.7. The average molecular weight is 542 g/mol. The quantitative estimate of drug-likeness (QED) is 0.369. The number of amides is 2. The third-order valence-electron chi connectivity index (χ3n) is 5.28. The van der Waals surface area contributed by atoms with E-state index in [1.165, 1.54) is 0 Å². The minimum Gasteiger partial charge on any atom is -0.350 e. The van der Waals surface area contributed by atoms with E-state index < -0.39 is 11.6 Å². The first-order chi connectivity index (χ1) is 16.1. The van der Waals surface area contributed by atoms with E-state index in [4.69, 9.17) is 11.6 Å². The minimum absolute atomic E-state index is 0.129. The molecule has 6 heteroatoms. The number of nitrogens with one attached hydrogen (secondary N) is 1. The Morgan fingerprint density at radius 3 is 2.18 bits per heavy atom. The predicted molar refractivity (Wildman–Crippen MR) is 142 cm³/mol.